The lowest BCUT2D eigenvalue weighted by Gasteiger charge is -2.16. The van der Waals surface area contributed by atoms with E-state index in [0.29, 0.717) is 6.61 Å². The van der Waals surface area contributed by atoms with Gasteiger partial charge in [0.15, 0.2) is 0 Å². The van der Waals surface area contributed by atoms with Gasteiger partial charge in [-0.1, -0.05) is 0 Å². The molecule has 1 aromatic carbocycles. The summed E-state index contributed by atoms with van der Waals surface area (Å²) in [4.78, 5) is 0. The van der Waals surface area contributed by atoms with Crippen LogP contribution in [-0.4, -0.2) is 18.4 Å². The number of nitrogens with one attached hydrogen (secondary N) is 1. The summed E-state index contributed by atoms with van der Waals surface area (Å²) in [6.07, 6.45) is 1.81. The van der Waals surface area contributed by atoms with Gasteiger partial charge in [0.1, 0.15) is 5.75 Å². The average molecular weight is 220 g/mol. The molecule has 0 saturated heterocycles. The summed E-state index contributed by atoms with van der Waals surface area (Å²) >= 11 is 0. The Morgan fingerprint density at radius 2 is 1.88 bits per heavy atom. The summed E-state index contributed by atoms with van der Waals surface area (Å²) in [5, 5.41) is 4.17. The lowest BCUT2D eigenvalue weighted by molar-refractivity contribution is 0.340. The van der Waals surface area contributed by atoms with Crippen molar-refractivity contribution in [1.82, 2.24) is 5.43 Å². The van der Waals surface area contributed by atoms with Crippen LogP contribution in [0.4, 0.5) is 0 Å². The van der Waals surface area contributed by atoms with Gasteiger partial charge in [-0.2, -0.15) is 5.10 Å². The second kappa shape index (κ2) is 5.54. The normalized spacial score (nSPS) is 11.8. The average Bonchev–Trinajstić information content (AvgIpc) is 2.19. The fourth-order valence-corrected chi connectivity index (χ4v) is 1.12. The Labute approximate surface area is 97.5 Å². The smallest absolute Gasteiger partial charge is 0.119 e. The molecule has 3 heteroatoms. The van der Waals surface area contributed by atoms with Gasteiger partial charge < -0.3 is 10.2 Å². The topological polar surface area (TPSA) is 33.6 Å². The minimum Gasteiger partial charge on any atom is -0.494 e. The molecular weight excluding hydrogens is 200 g/mol. The number of nitrogens with zero attached hydrogens (tertiary/aromatic N) is 1. The predicted octanol–water partition coefficient (Wildman–Crippen LogP) is 2.81. The molecule has 0 aromatic heterocycles. The minimum absolute atomic E-state index is 0.00175. The minimum atomic E-state index is 0.00175. The number of benzene rings is 1. The van der Waals surface area contributed by atoms with Crippen molar-refractivity contribution in [3.05, 3.63) is 29.8 Å². The van der Waals surface area contributed by atoms with Crippen LogP contribution in [0.5, 0.6) is 5.75 Å². The van der Waals surface area contributed by atoms with E-state index in [1.807, 2.05) is 31.2 Å². The predicted molar refractivity (Wildman–Crippen MR) is 68.1 cm³/mol. The highest BCUT2D eigenvalue weighted by atomic mass is 16.5. The lowest BCUT2D eigenvalue weighted by atomic mass is 10.1. The molecular formula is C13H20N2O. The Hall–Kier alpha value is -1.51. The van der Waals surface area contributed by atoms with Gasteiger partial charge in [0.2, 0.25) is 0 Å². The van der Waals surface area contributed by atoms with Gasteiger partial charge in [-0.25, -0.2) is 0 Å². The van der Waals surface area contributed by atoms with Crippen LogP contribution in [0.1, 0.15) is 33.3 Å². The first-order chi connectivity index (χ1) is 7.51. The molecule has 1 rings (SSSR count). The first-order valence-corrected chi connectivity index (χ1v) is 5.54. The number of hydrogen-bond donors (Lipinski definition) is 1. The Morgan fingerprint density at radius 3 is 2.38 bits per heavy atom. The van der Waals surface area contributed by atoms with E-state index in [9.17, 15) is 0 Å². The quantitative estimate of drug-likeness (QED) is 0.625. The van der Waals surface area contributed by atoms with Crippen LogP contribution in [0.3, 0.4) is 0 Å². The Bertz CT molecular complexity index is 336. The van der Waals surface area contributed by atoms with Gasteiger partial charge in [0.25, 0.3) is 0 Å². The van der Waals surface area contributed by atoms with Crippen molar-refractivity contribution < 1.29 is 4.74 Å². The SMILES string of the molecule is CCOc1ccc(C=NNC(C)(C)C)cc1. The van der Waals surface area contributed by atoms with Crippen molar-refractivity contribution in [2.75, 3.05) is 6.61 Å². The summed E-state index contributed by atoms with van der Waals surface area (Å²) in [6.45, 7) is 8.88. The van der Waals surface area contributed by atoms with Gasteiger partial charge in [-0.05, 0) is 57.5 Å². The molecule has 88 valence electrons. The fourth-order valence-electron chi connectivity index (χ4n) is 1.12. The van der Waals surface area contributed by atoms with Crippen LogP contribution in [0, 0.1) is 0 Å². The molecule has 0 saturated carbocycles. The molecule has 0 amide bonds. The zero-order chi connectivity index (χ0) is 12.0. The van der Waals surface area contributed by atoms with Crippen molar-refractivity contribution >= 4 is 6.21 Å². The van der Waals surface area contributed by atoms with E-state index in [-0.39, 0.29) is 5.54 Å². The highest BCUT2D eigenvalue weighted by molar-refractivity contribution is 5.79. The van der Waals surface area contributed by atoms with Gasteiger partial charge >= 0.3 is 0 Å². The molecule has 0 heterocycles. The number of rotatable bonds is 4. The molecule has 0 fully saturated rings. The zero-order valence-corrected chi connectivity index (χ0v) is 10.4. The number of hydrogen-bond acceptors (Lipinski definition) is 3. The first-order valence-electron chi connectivity index (χ1n) is 5.54. The Balaban J connectivity index is 2.55. The molecule has 0 aliphatic heterocycles. The number of hydrazone groups is 1. The monoisotopic (exact) mass is 220 g/mol. The maximum Gasteiger partial charge on any atom is 0.119 e. The molecule has 0 aliphatic rings. The summed E-state index contributed by atoms with van der Waals surface area (Å²) < 4.78 is 5.36. The van der Waals surface area contributed by atoms with E-state index < -0.39 is 0 Å². The molecule has 0 radical (unpaired) electrons. The second-order valence-electron chi connectivity index (χ2n) is 4.62. The third-order valence-electron chi connectivity index (χ3n) is 1.80. The van der Waals surface area contributed by atoms with Crippen LogP contribution in [-0.2, 0) is 0 Å². The maximum atomic E-state index is 5.36. The molecule has 16 heavy (non-hydrogen) atoms. The molecule has 1 aromatic rings. The van der Waals surface area contributed by atoms with Gasteiger partial charge in [-0.3, -0.25) is 0 Å². The van der Waals surface area contributed by atoms with Crippen LogP contribution in [0.2, 0.25) is 0 Å². The summed E-state index contributed by atoms with van der Waals surface area (Å²) in [6, 6.07) is 7.86. The molecule has 0 unspecified atom stereocenters. The molecule has 1 N–H and O–H groups in total. The summed E-state index contributed by atoms with van der Waals surface area (Å²) in [5.74, 6) is 0.892. The van der Waals surface area contributed by atoms with E-state index >= 15 is 0 Å². The van der Waals surface area contributed by atoms with Crippen molar-refractivity contribution in [3.8, 4) is 5.75 Å². The van der Waals surface area contributed by atoms with E-state index in [4.69, 9.17) is 4.74 Å². The van der Waals surface area contributed by atoms with E-state index in [1.54, 1.807) is 6.21 Å². The zero-order valence-electron chi connectivity index (χ0n) is 10.4. The third-order valence-corrected chi connectivity index (χ3v) is 1.80. The molecule has 0 spiro atoms. The van der Waals surface area contributed by atoms with Crippen LogP contribution in [0.25, 0.3) is 0 Å². The van der Waals surface area contributed by atoms with E-state index in [1.165, 1.54) is 0 Å². The largest absolute Gasteiger partial charge is 0.494 e. The van der Waals surface area contributed by atoms with Crippen LogP contribution in [0.15, 0.2) is 29.4 Å². The summed E-state index contributed by atoms with van der Waals surface area (Å²) in [7, 11) is 0. The van der Waals surface area contributed by atoms with Crippen molar-refractivity contribution in [2.24, 2.45) is 5.10 Å². The van der Waals surface area contributed by atoms with Crippen molar-refractivity contribution in [2.45, 2.75) is 33.2 Å². The summed E-state index contributed by atoms with van der Waals surface area (Å²) in [5.41, 5.74) is 4.11. The lowest BCUT2D eigenvalue weighted by Crippen LogP contribution is -2.31. The van der Waals surface area contributed by atoms with Crippen molar-refractivity contribution in [1.29, 1.82) is 0 Å². The molecule has 3 nitrogen and oxygen atoms in total. The molecule has 0 bridgehead atoms. The Morgan fingerprint density at radius 1 is 1.25 bits per heavy atom. The molecule has 0 atom stereocenters. The van der Waals surface area contributed by atoms with Gasteiger partial charge in [0, 0.05) is 5.54 Å². The van der Waals surface area contributed by atoms with Crippen molar-refractivity contribution in [3.63, 3.8) is 0 Å². The molecule has 0 aliphatic carbocycles. The van der Waals surface area contributed by atoms with Crippen LogP contribution < -0.4 is 10.2 Å². The first kappa shape index (κ1) is 12.6. The van der Waals surface area contributed by atoms with E-state index in [2.05, 4.69) is 31.3 Å². The fraction of sp³-hybridized carbons (Fsp3) is 0.462. The van der Waals surface area contributed by atoms with Gasteiger partial charge in [0.05, 0.1) is 12.8 Å². The Kier molecular flexibility index (Phi) is 4.35. The maximum absolute atomic E-state index is 5.36. The third kappa shape index (κ3) is 4.82. The number of ether oxygens (including phenoxy) is 1. The second-order valence-corrected chi connectivity index (χ2v) is 4.62. The van der Waals surface area contributed by atoms with Crippen LogP contribution >= 0.6 is 0 Å². The highest BCUT2D eigenvalue weighted by Crippen LogP contribution is 2.10. The van der Waals surface area contributed by atoms with Gasteiger partial charge in [-0.15, -0.1) is 0 Å². The standard InChI is InChI=1S/C13H20N2O/c1-5-16-12-8-6-11(7-9-12)10-14-15-13(2,3)4/h6-10,15H,5H2,1-4H3. The highest BCUT2D eigenvalue weighted by Gasteiger charge is 2.05. The van der Waals surface area contributed by atoms with E-state index in [0.717, 1.165) is 11.3 Å².